The van der Waals surface area contributed by atoms with Crippen molar-refractivity contribution < 1.29 is 8.78 Å². The number of halogens is 4. The van der Waals surface area contributed by atoms with Crippen LogP contribution in [0.15, 0.2) is 34.8 Å². The first kappa shape index (κ1) is 15.3. The predicted octanol–water partition coefficient (Wildman–Crippen LogP) is 5.86. The molecule has 20 heavy (non-hydrogen) atoms. The van der Waals surface area contributed by atoms with Gasteiger partial charge in [-0.15, -0.1) is 0 Å². The van der Waals surface area contributed by atoms with Crippen LogP contribution in [-0.2, 0) is 0 Å². The van der Waals surface area contributed by atoms with Crippen LogP contribution in [0.25, 0.3) is 0 Å². The highest BCUT2D eigenvalue weighted by atomic mass is 79.9. The monoisotopic (exact) mass is 359 g/mol. The van der Waals surface area contributed by atoms with Crippen molar-refractivity contribution in [2.75, 3.05) is 5.32 Å². The summed E-state index contributed by atoms with van der Waals surface area (Å²) in [6, 6.07) is 7.59. The molecule has 0 aromatic heterocycles. The summed E-state index contributed by atoms with van der Waals surface area (Å²) < 4.78 is 27.4. The molecule has 0 bridgehead atoms. The van der Waals surface area contributed by atoms with Gasteiger partial charge >= 0.3 is 0 Å². The van der Waals surface area contributed by atoms with Crippen LogP contribution in [0.2, 0.25) is 5.02 Å². The van der Waals surface area contributed by atoms with E-state index in [1.807, 2.05) is 13.8 Å². The SMILES string of the molecule is Cc1cc(Br)c(F)cc1NC(C)c1ccc(Cl)c(F)c1. The second kappa shape index (κ2) is 6.10. The van der Waals surface area contributed by atoms with Crippen molar-refractivity contribution in [3.8, 4) is 0 Å². The third kappa shape index (κ3) is 3.30. The molecule has 0 heterocycles. The fourth-order valence-electron chi connectivity index (χ4n) is 1.90. The molecular weight excluding hydrogens is 348 g/mol. The highest BCUT2D eigenvalue weighted by molar-refractivity contribution is 9.10. The van der Waals surface area contributed by atoms with Gasteiger partial charge in [-0.25, -0.2) is 8.78 Å². The molecule has 0 radical (unpaired) electrons. The fourth-order valence-corrected chi connectivity index (χ4v) is 2.48. The van der Waals surface area contributed by atoms with E-state index in [0.29, 0.717) is 10.2 Å². The minimum atomic E-state index is -0.462. The van der Waals surface area contributed by atoms with Gasteiger partial charge < -0.3 is 5.32 Å². The van der Waals surface area contributed by atoms with Crippen molar-refractivity contribution in [3.05, 3.63) is 62.6 Å². The molecule has 1 nitrogen and oxygen atoms in total. The van der Waals surface area contributed by atoms with E-state index in [1.54, 1.807) is 12.1 Å². The Labute approximate surface area is 130 Å². The molecule has 0 amide bonds. The normalized spacial score (nSPS) is 12.3. The molecule has 2 aromatic rings. The Balaban J connectivity index is 2.25. The molecule has 0 saturated heterocycles. The van der Waals surface area contributed by atoms with Crippen LogP contribution >= 0.6 is 27.5 Å². The minimum Gasteiger partial charge on any atom is -0.378 e. The first-order chi connectivity index (χ1) is 9.38. The number of benzene rings is 2. The predicted molar refractivity (Wildman–Crippen MR) is 82.3 cm³/mol. The topological polar surface area (TPSA) is 12.0 Å². The van der Waals surface area contributed by atoms with Crippen molar-refractivity contribution in [2.24, 2.45) is 0 Å². The van der Waals surface area contributed by atoms with Gasteiger partial charge in [0.05, 0.1) is 9.50 Å². The molecule has 0 aliphatic rings. The number of hydrogen-bond donors (Lipinski definition) is 1. The molecule has 2 aromatic carbocycles. The van der Waals surface area contributed by atoms with Gasteiger partial charge in [0.1, 0.15) is 11.6 Å². The van der Waals surface area contributed by atoms with Gasteiger partial charge in [0, 0.05) is 11.7 Å². The van der Waals surface area contributed by atoms with Gasteiger partial charge in [-0.1, -0.05) is 17.7 Å². The van der Waals surface area contributed by atoms with Crippen molar-refractivity contribution in [1.82, 2.24) is 0 Å². The van der Waals surface area contributed by atoms with Crippen molar-refractivity contribution in [1.29, 1.82) is 0 Å². The van der Waals surface area contributed by atoms with E-state index in [-0.39, 0.29) is 16.9 Å². The average molecular weight is 361 g/mol. The molecule has 0 spiro atoms. The van der Waals surface area contributed by atoms with E-state index in [2.05, 4.69) is 21.2 Å². The van der Waals surface area contributed by atoms with Crippen LogP contribution in [0.1, 0.15) is 24.1 Å². The Bertz CT molecular complexity index is 646. The summed E-state index contributed by atoms with van der Waals surface area (Å²) in [6.45, 7) is 3.75. The van der Waals surface area contributed by atoms with Gasteiger partial charge in [-0.05, 0) is 65.2 Å². The second-order valence-corrected chi connectivity index (χ2v) is 5.88. The van der Waals surface area contributed by atoms with Crippen molar-refractivity contribution >= 4 is 33.2 Å². The lowest BCUT2D eigenvalue weighted by atomic mass is 10.1. The summed E-state index contributed by atoms with van der Waals surface area (Å²) in [5.74, 6) is -0.802. The van der Waals surface area contributed by atoms with E-state index in [9.17, 15) is 8.78 Å². The summed E-state index contributed by atoms with van der Waals surface area (Å²) in [6.07, 6.45) is 0. The maximum absolute atomic E-state index is 13.6. The van der Waals surface area contributed by atoms with Crippen LogP contribution in [0, 0.1) is 18.6 Å². The minimum absolute atomic E-state index is 0.0896. The van der Waals surface area contributed by atoms with E-state index in [1.165, 1.54) is 18.2 Å². The molecule has 2 rings (SSSR count). The van der Waals surface area contributed by atoms with Crippen LogP contribution in [0.5, 0.6) is 0 Å². The third-order valence-corrected chi connectivity index (χ3v) is 4.00. The quantitative estimate of drug-likeness (QED) is 0.722. The van der Waals surface area contributed by atoms with Crippen molar-refractivity contribution in [3.63, 3.8) is 0 Å². The highest BCUT2D eigenvalue weighted by Gasteiger charge is 2.11. The van der Waals surface area contributed by atoms with Crippen molar-refractivity contribution in [2.45, 2.75) is 19.9 Å². The van der Waals surface area contributed by atoms with E-state index < -0.39 is 5.82 Å². The summed E-state index contributed by atoms with van der Waals surface area (Å²) >= 11 is 8.80. The van der Waals surface area contributed by atoms with Gasteiger partial charge in [-0.2, -0.15) is 0 Å². The Morgan fingerprint density at radius 3 is 2.50 bits per heavy atom. The van der Waals surface area contributed by atoms with Crippen LogP contribution < -0.4 is 5.32 Å². The van der Waals surface area contributed by atoms with Gasteiger partial charge in [0.2, 0.25) is 0 Å². The lowest BCUT2D eigenvalue weighted by molar-refractivity contribution is 0.619. The summed E-state index contributed by atoms with van der Waals surface area (Å²) in [4.78, 5) is 0. The van der Waals surface area contributed by atoms with Gasteiger partial charge in [-0.3, -0.25) is 0 Å². The van der Waals surface area contributed by atoms with Gasteiger partial charge in [0.15, 0.2) is 0 Å². The lowest BCUT2D eigenvalue weighted by Gasteiger charge is -2.18. The molecule has 106 valence electrons. The smallest absolute Gasteiger partial charge is 0.142 e. The Morgan fingerprint density at radius 2 is 1.85 bits per heavy atom. The molecule has 5 heteroatoms. The second-order valence-electron chi connectivity index (χ2n) is 4.62. The Kier molecular flexibility index (Phi) is 4.66. The first-order valence-corrected chi connectivity index (χ1v) is 7.22. The van der Waals surface area contributed by atoms with E-state index in [0.717, 1.165) is 11.1 Å². The largest absolute Gasteiger partial charge is 0.378 e. The lowest BCUT2D eigenvalue weighted by Crippen LogP contribution is -2.08. The first-order valence-electron chi connectivity index (χ1n) is 6.05. The summed E-state index contributed by atoms with van der Waals surface area (Å²) in [5, 5.41) is 3.26. The van der Waals surface area contributed by atoms with E-state index in [4.69, 9.17) is 11.6 Å². The standard InChI is InChI=1S/C15H13BrClF2N/c1-8-5-11(16)13(18)7-15(8)20-9(2)10-3-4-12(17)14(19)6-10/h3-7,9,20H,1-2H3. The number of aryl methyl sites for hydroxylation is 1. The molecule has 0 saturated carbocycles. The zero-order chi connectivity index (χ0) is 14.9. The maximum Gasteiger partial charge on any atom is 0.142 e. The molecule has 0 fully saturated rings. The molecule has 0 aliphatic carbocycles. The van der Waals surface area contributed by atoms with E-state index >= 15 is 0 Å². The van der Waals surface area contributed by atoms with Gasteiger partial charge in [0.25, 0.3) is 0 Å². The summed E-state index contributed by atoms with van der Waals surface area (Å²) in [7, 11) is 0. The number of nitrogens with one attached hydrogen (secondary N) is 1. The molecule has 0 aliphatic heterocycles. The third-order valence-electron chi connectivity index (χ3n) is 3.08. The maximum atomic E-state index is 13.6. The highest BCUT2D eigenvalue weighted by Crippen LogP contribution is 2.28. The molecular formula is C15H13BrClF2N. The van der Waals surface area contributed by atoms with Crippen LogP contribution in [-0.4, -0.2) is 0 Å². The summed E-state index contributed by atoms with van der Waals surface area (Å²) in [5.41, 5.74) is 2.32. The number of anilines is 1. The Hall–Kier alpha value is -1.13. The zero-order valence-corrected chi connectivity index (χ0v) is 13.3. The molecule has 1 unspecified atom stereocenters. The number of hydrogen-bond acceptors (Lipinski definition) is 1. The molecule has 1 atom stereocenters. The van der Waals surface area contributed by atoms with Crippen LogP contribution in [0.4, 0.5) is 14.5 Å². The Morgan fingerprint density at radius 1 is 1.15 bits per heavy atom. The zero-order valence-electron chi connectivity index (χ0n) is 11.0. The number of rotatable bonds is 3. The average Bonchev–Trinajstić information content (AvgIpc) is 2.39. The molecule has 1 N–H and O–H groups in total. The van der Waals surface area contributed by atoms with Crippen LogP contribution in [0.3, 0.4) is 0 Å². The fraction of sp³-hybridized carbons (Fsp3) is 0.200.